The second kappa shape index (κ2) is 8.95. The molecule has 3 amide bonds. The number of nitrogens with zero attached hydrogens (tertiary/aromatic N) is 2. The van der Waals surface area contributed by atoms with Crippen LogP contribution in [0.25, 0.3) is 0 Å². The highest BCUT2D eigenvalue weighted by Crippen LogP contribution is 2.24. The predicted molar refractivity (Wildman–Crippen MR) is 99.7 cm³/mol. The summed E-state index contributed by atoms with van der Waals surface area (Å²) in [5, 5.41) is 7.62. The molecule has 1 aliphatic rings. The molecular weight excluding hydrogens is 337 g/mol. The van der Waals surface area contributed by atoms with E-state index >= 15 is 0 Å². The van der Waals surface area contributed by atoms with Crippen molar-refractivity contribution in [1.82, 2.24) is 20.9 Å². The molecule has 7 nitrogen and oxygen atoms in total. The number of likely N-dealkylation sites (N-methyl/N-ethyl adjacent to an activating group) is 1. The Labute approximate surface area is 153 Å². The molecule has 0 spiro atoms. The van der Waals surface area contributed by atoms with Crippen LogP contribution < -0.4 is 20.9 Å². The van der Waals surface area contributed by atoms with Gasteiger partial charge in [0, 0.05) is 39.3 Å². The fourth-order valence-corrected chi connectivity index (χ4v) is 2.93. The standard InChI is InChI=1S/C18H28FN5O2/c1-12(21-13(2)17(25)22-18(26)20-3)14-5-6-16(15(19)11-14)24-9-7-23(4)8-10-24/h5-6,11-13,21H,7-10H2,1-4H3,(H2,20,22,25,26)/t12-,13-/m0/s1. The number of piperazine rings is 1. The van der Waals surface area contributed by atoms with Crippen molar-refractivity contribution in [2.45, 2.75) is 25.9 Å². The van der Waals surface area contributed by atoms with Crippen LogP contribution in [0.15, 0.2) is 18.2 Å². The van der Waals surface area contributed by atoms with Gasteiger partial charge in [0.15, 0.2) is 0 Å². The van der Waals surface area contributed by atoms with Gasteiger partial charge in [-0.1, -0.05) is 6.07 Å². The average Bonchev–Trinajstić information content (AvgIpc) is 2.62. The molecule has 2 atom stereocenters. The number of anilines is 1. The molecule has 1 aromatic rings. The summed E-state index contributed by atoms with van der Waals surface area (Å²) in [5.74, 6) is -0.700. The van der Waals surface area contributed by atoms with Gasteiger partial charge in [-0.05, 0) is 38.6 Å². The quantitative estimate of drug-likeness (QED) is 0.728. The normalized spacial score (nSPS) is 17.5. The third kappa shape index (κ3) is 5.15. The summed E-state index contributed by atoms with van der Waals surface area (Å²) in [6, 6.07) is 3.79. The molecule has 0 aliphatic carbocycles. The molecule has 1 heterocycles. The molecule has 26 heavy (non-hydrogen) atoms. The number of urea groups is 1. The van der Waals surface area contributed by atoms with E-state index in [2.05, 4.69) is 32.8 Å². The second-order valence-electron chi connectivity index (χ2n) is 6.68. The highest BCUT2D eigenvalue weighted by molar-refractivity contribution is 5.96. The van der Waals surface area contributed by atoms with Crippen molar-refractivity contribution >= 4 is 17.6 Å². The van der Waals surface area contributed by atoms with Gasteiger partial charge in [0.1, 0.15) is 5.82 Å². The molecule has 0 saturated carbocycles. The SMILES string of the molecule is CNC(=O)NC(=O)[C@H](C)N[C@@H](C)c1ccc(N2CCN(C)CC2)c(F)c1. The number of hydrogen-bond donors (Lipinski definition) is 3. The van der Waals surface area contributed by atoms with Crippen LogP contribution in [0.4, 0.5) is 14.9 Å². The molecular formula is C18H28FN5O2. The molecule has 0 unspecified atom stereocenters. The maximum absolute atomic E-state index is 14.6. The summed E-state index contributed by atoms with van der Waals surface area (Å²) in [6.07, 6.45) is 0. The predicted octanol–water partition coefficient (Wildman–Crippen LogP) is 1.07. The molecule has 1 saturated heterocycles. The zero-order valence-corrected chi connectivity index (χ0v) is 15.8. The molecule has 1 aliphatic heterocycles. The maximum Gasteiger partial charge on any atom is 0.321 e. The van der Waals surface area contributed by atoms with Gasteiger partial charge in [0.25, 0.3) is 0 Å². The van der Waals surface area contributed by atoms with E-state index in [4.69, 9.17) is 0 Å². The summed E-state index contributed by atoms with van der Waals surface area (Å²) in [7, 11) is 3.50. The minimum atomic E-state index is -0.595. The number of imide groups is 1. The number of carbonyl (C=O) groups excluding carboxylic acids is 2. The van der Waals surface area contributed by atoms with Crippen molar-refractivity contribution in [2.75, 3.05) is 45.2 Å². The van der Waals surface area contributed by atoms with Gasteiger partial charge in [-0.15, -0.1) is 0 Å². The topological polar surface area (TPSA) is 76.7 Å². The molecule has 8 heteroatoms. The molecule has 1 fully saturated rings. The van der Waals surface area contributed by atoms with E-state index in [1.807, 2.05) is 13.0 Å². The lowest BCUT2D eigenvalue weighted by molar-refractivity contribution is -0.121. The number of hydrogen-bond acceptors (Lipinski definition) is 5. The Balaban J connectivity index is 1.99. The fourth-order valence-electron chi connectivity index (χ4n) is 2.93. The first-order chi connectivity index (χ1) is 12.3. The van der Waals surface area contributed by atoms with Crippen LogP contribution >= 0.6 is 0 Å². The zero-order valence-electron chi connectivity index (χ0n) is 15.8. The molecule has 144 valence electrons. The van der Waals surface area contributed by atoms with Crippen molar-refractivity contribution in [3.8, 4) is 0 Å². The molecule has 0 bridgehead atoms. The smallest absolute Gasteiger partial charge is 0.321 e. The monoisotopic (exact) mass is 365 g/mol. The molecule has 0 aromatic heterocycles. The Bertz CT molecular complexity index is 646. The van der Waals surface area contributed by atoms with E-state index in [1.165, 1.54) is 13.1 Å². The van der Waals surface area contributed by atoms with E-state index < -0.39 is 18.0 Å². The van der Waals surface area contributed by atoms with Crippen molar-refractivity contribution < 1.29 is 14.0 Å². The first-order valence-corrected chi connectivity index (χ1v) is 8.83. The van der Waals surface area contributed by atoms with Crippen LogP contribution in [0.5, 0.6) is 0 Å². The van der Waals surface area contributed by atoms with Crippen LogP contribution in [0.2, 0.25) is 0 Å². The molecule has 2 rings (SSSR count). The zero-order chi connectivity index (χ0) is 19.3. The lowest BCUT2D eigenvalue weighted by atomic mass is 10.1. The Morgan fingerprint density at radius 2 is 1.81 bits per heavy atom. The lowest BCUT2D eigenvalue weighted by Gasteiger charge is -2.34. The lowest BCUT2D eigenvalue weighted by Crippen LogP contribution is -2.47. The number of halogens is 1. The van der Waals surface area contributed by atoms with Crippen molar-refractivity contribution in [3.05, 3.63) is 29.6 Å². The first kappa shape index (κ1) is 20.1. The summed E-state index contributed by atoms with van der Waals surface area (Å²) >= 11 is 0. The van der Waals surface area contributed by atoms with Crippen LogP contribution in [0, 0.1) is 5.82 Å². The van der Waals surface area contributed by atoms with Gasteiger partial charge >= 0.3 is 6.03 Å². The van der Waals surface area contributed by atoms with Gasteiger partial charge < -0.3 is 15.1 Å². The van der Waals surface area contributed by atoms with Gasteiger partial charge in [-0.25, -0.2) is 9.18 Å². The van der Waals surface area contributed by atoms with E-state index in [0.717, 1.165) is 31.7 Å². The van der Waals surface area contributed by atoms with Gasteiger partial charge in [-0.3, -0.25) is 15.4 Å². The van der Waals surface area contributed by atoms with Crippen LogP contribution in [-0.2, 0) is 4.79 Å². The van der Waals surface area contributed by atoms with E-state index in [-0.39, 0.29) is 11.9 Å². The minimum Gasteiger partial charge on any atom is -0.367 e. The number of nitrogens with one attached hydrogen (secondary N) is 3. The highest BCUT2D eigenvalue weighted by Gasteiger charge is 2.21. The van der Waals surface area contributed by atoms with Crippen LogP contribution in [0.1, 0.15) is 25.5 Å². The van der Waals surface area contributed by atoms with Crippen molar-refractivity contribution in [2.24, 2.45) is 0 Å². The number of rotatable bonds is 5. The summed E-state index contributed by atoms with van der Waals surface area (Å²) < 4.78 is 14.6. The minimum absolute atomic E-state index is 0.239. The molecule has 0 radical (unpaired) electrons. The molecule has 3 N–H and O–H groups in total. The van der Waals surface area contributed by atoms with E-state index in [1.54, 1.807) is 13.0 Å². The van der Waals surface area contributed by atoms with Crippen molar-refractivity contribution in [1.29, 1.82) is 0 Å². The van der Waals surface area contributed by atoms with Gasteiger partial charge in [-0.2, -0.15) is 0 Å². The summed E-state index contributed by atoms with van der Waals surface area (Å²) in [6.45, 7) is 6.94. The summed E-state index contributed by atoms with van der Waals surface area (Å²) in [4.78, 5) is 27.4. The van der Waals surface area contributed by atoms with E-state index in [0.29, 0.717) is 5.69 Å². The van der Waals surface area contributed by atoms with Gasteiger partial charge in [0.05, 0.1) is 11.7 Å². The highest BCUT2D eigenvalue weighted by atomic mass is 19.1. The second-order valence-corrected chi connectivity index (χ2v) is 6.68. The largest absolute Gasteiger partial charge is 0.367 e. The number of amides is 3. The Morgan fingerprint density at radius 1 is 1.15 bits per heavy atom. The first-order valence-electron chi connectivity index (χ1n) is 8.83. The number of benzene rings is 1. The van der Waals surface area contributed by atoms with Crippen LogP contribution in [-0.4, -0.2) is 63.2 Å². The van der Waals surface area contributed by atoms with Crippen molar-refractivity contribution in [3.63, 3.8) is 0 Å². The number of carbonyl (C=O) groups is 2. The third-order valence-corrected chi connectivity index (χ3v) is 4.67. The summed E-state index contributed by atoms with van der Waals surface area (Å²) in [5.41, 5.74) is 1.36. The third-order valence-electron chi connectivity index (χ3n) is 4.67. The Kier molecular flexibility index (Phi) is 6.93. The molecule has 1 aromatic carbocycles. The van der Waals surface area contributed by atoms with Gasteiger partial charge in [0.2, 0.25) is 5.91 Å². The Hall–Kier alpha value is -2.19. The average molecular weight is 365 g/mol. The Morgan fingerprint density at radius 3 is 2.38 bits per heavy atom. The maximum atomic E-state index is 14.6. The van der Waals surface area contributed by atoms with E-state index in [9.17, 15) is 14.0 Å². The fraction of sp³-hybridized carbons (Fsp3) is 0.556. The van der Waals surface area contributed by atoms with Crippen LogP contribution in [0.3, 0.4) is 0 Å².